The molecule has 0 aliphatic heterocycles. The number of hydrogen-bond donors (Lipinski definition) is 2. The normalized spacial score (nSPS) is 10.5. The van der Waals surface area contributed by atoms with Crippen LogP contribution in [0.3, 0.4) is 0 Å². The summed E-state index contributed by atoms with van der Waals surface area (Å²) in [5.41, 5.74) is 6.68. The lowest BCUT2D eigenvalue weighted by Crippen LogP contribution is -2.01. The average Bonchev–Trinajstić information content (AvgIpc) is 2.49. The number of pyridine rings is 1. The Bertz CT molecular complexity index is 825. The van der Waals surface area contributed by atoms with E-state index in [1.807, 2.05) is 24.3 Å². The minimum absolute atomic E-state index is 0.0166. The lowest BCUT2D eigenvalue weighted by molar-refractivity contribution is 0.0694. The van der Waals surface area contributed by atoms with Gasteiger partial charge in [0, 0.05) is 17.3 Å². The maximum absolute atomic E-state index is 11.3. The van der Waals surface area contributed by atoms with Crippen molar-refractivity contribution in [2.24, 2.45) is 0 Å². The number of carbonyl (C=O) groups is 1. The number of rotatable bonds is 3. The van der Waals surface area contributed by atoms with Crippen LogP contribution in [0.5, 0.6) is 11.5 Å². The van der Waals surface area contributed by atoms with Crippen molar-refractivity contribution in [3.05, 3.63) is 60.3 Å². The molecule has 21 heavy (non-hydrogen) atoms. The summed E-state index contributed by atoms with van der Waals surface area (Å²) in [5.74, 6) is -0.360. The zero-order valence-electron chi connectivity index (χ0n) is 11.0. The fraction of sp³-hybridized carbons (Fsp3) is 0. The second kappa shape index (κ2) is 5.13. The van der Waals surface area contributed by atoms with Crippen molar-refractivity contribution in [3.8, 4) is 11.5 Å². The molecule has 3 N–H and O–H groups in total. The number of aromatic nitrogens is 1. The lowest BCUT2D eigenvalue weighted by Gasteiger charge is -2.11. The summed E-state index contributed by atoms with van der Waals surface area (Å²) >= 11 is 0. The Morgan fingerprint density at radius 1 is 1.10 bits per heavy atom. The van der Waals surface area contributed by atoms with E-state index in [0.717, 1.165) is 5.39 Å². The fourth-order valence-electron chi connectivity index (χ4n) is 2.08. The summed E-state index contributed by atoms with van der Waals surface area (Å²) < 4.78 is 5.74. The highest BCUT2D eigenvalue weighted by Crippen LogP contribution is 2.31. The Morgan fingerprint density at radius 2 is 1.90 bits per heavy atom. The number of nitrogens with zero attached hydrogens (tertiary/aromatic N) is 1. The Balaban J connectivity index is 2.09. The number of carboxylic acids is 1. The summed E-state index contributed by atoms with van der Waals surface area (Å²) in [6.07, 6.45) is 1.66. The Morgan fingerprint density at radius 3 is 2.71 bits per heavy atom. The summed E-state index contributed by atoms with van der Waals surface area (Å²) in [5, 5.41) is 10.1. The second-order valence-corrected chi connectivity index (χ2v) is 4.49. The Labute approximate surface area is 120 Å². The number of anilines is 1. The molecule has 104 valence electrons. The van der Waals surface area contributed by atoms with Crippen LogP contribution in [0.2, 0.25) is 0 Å². The molecule has 0 radical (unpaired) electrons. The zero-order valence-corrected chi connectivity index (χ0v) is 11.0. The molecular formula is C16H12N2O3. The molecule has 0 aliphatic carbocycles. The molecule has 0 aliphatic rings. The second-order valence-electron chi connectivity index (χ2n) is 4.49. The van der Waals surface area contributed by atoms with Gasteiger partial charge in [-0.15, -0.1) is 0 Å². The third kappa shape index (κ3) is 2.49. The quantitative estimate of drug-likeness (QED) is 0.719. The van der Waals surface area contributed by atoms with E-state index < -0.39 is 5.97 Å². The van der Waals surface area contributed by atoms with Crippen LogP contribution in [0.1, 0.15) is 10.4 Å². The lowest BCUT2D eigenvalue weighted by atomic mass is 10.1. The highest BCUT2D eigenvalue weighted by atomic mass is 16.5. The van der Waals surface area contributed by atoms with Gasteiger partial charge in [0.2, 0.25) is 0 Å². The molecule has 0 saturated heterocycles. The van der Waals surface area contributed by atoms with Crippen molar-refractivity contribution in [2.45, 2.75) is 0 Å². The number of carboxylic acid groups (broad SMARTS) is 1. The molecule has 0 bridgehead atoms. The number of fused-ring (bicyclic) bond motifs is 1. The van der Waals surface area contributed by atoms with Crippen LogP contribution in [0.25, 0.3) is 10.9 Å². The zero-order chi connectivity index (χ0) is 14.8. The summed E-state index contributed by atoms with van der Waals surface area (Å²) in [7, 11) is 0. The number of para-hydroxylation sites is 1. The minimum atomic E-state index is -1.09. The van der Waals surface area contributed by atoms with E-state index in [2.05, 4.69) is 4.98 Å². The van der Waals surface area contributed by atoms with Crippen molar-refractivity contribution in [2.75, 3.05) is 5.73 Å². The van der Waals surface area contributed by atoms with Gasteiger partial charge in [0.05, 0.1) is 0 Å². The van der Waals surface area contributed by atoms with Crippen LogP contribution in [-0.4, -0.2) is 16.1 Å². The van der Waals surface area contributed by atoms with Crippen molar-refractivity contribution in [1.29, 1.82) is 0 Å². The molecule has 3 aromatic rings. The topological polar surface area (TPSA) is 85.4 Å². The van der Waals surface area contributed by atoms with Crippen molar-refractivity contribution < 1.29 is 14.6 Å². The van der Waals surface area contributed by atoms with Crippen LogP contribution in [0.4, 0.5) is 5.69 Å². The molecule has 3 rings (SSSR count). The fourth-order valence-corrected chi connectivity index (χ4v) is 2.08. The smallest absolute Gasteiger partial charge is 0.339 e. The van der Waals surface area contributed by atoms with E-state index in [4.69, 9.17) is 10.5 Å². The summed E-state index contributed by atoms with van der Waals surface area (Å²) in [6, 6.07) is 13.7. The molecular weight excluding hydrogens is 268 g/mol. The van der Waals surface area contributed by atoms with Gasteiger partial charge in [0.15, 0.2) is 5.75 Å². The van der Waals surface area contributed by atoms with Crippen LogP contribution < -0.4 is 10.5 Å². The molecule has 0 atom stereocenters. The van der Waals surface area contributed by atoms with Crippen molar-refractivity contribution in [1.82, 2.24) is 4.98 Å². The number of benzene rings is 2. The minimum Gasteiger partial charge on any atom is -0.478 e. The van der Waals surface area contributed by atoms with E-state index >= 15 is 0 Å². The Hall–Kier alpha value is -3.08. The molecule has 1 aromatic heterocycles. The maximum atomic E-state index is 11.3. The standard InChI is InChI=1S/C16H12N2O3/c17-11-6-7-13(12(9-11)16(19)20)21-14-5-1-3-10-4-2-8-18-15(10)14/h1-9H,17H2,(H,19,20). The van der Waals surface area contributed by atoms with Gasteiger partial charge in [0.25, 0.3) is 0 Å². The number of nitrogen functional groups attached to an aromatic ring is 1. The Kier molecular flexibility index (Phi) is 3.16. The third-order valence-electron chi connectivity index (χ3n) is 3.05. The van der Waals surface area contributed by atoms with E-state index in [1.165, 1.54) is 6.07 Å². The molecule has 5 heteroatoms. The van der Waals surface area contributed by atoms with E-state index in [1.54, 1.807) is 24.4 Å². The van der Waals surface area contributed by atoms with Crippen LogP contribution in [0, 0.1) is 0 Å². The van der Waals surface area contributed by atoms with E-state index in [9.17, 15) is 9.90 Å². The van der Waals surface area contributed by atoms with Crippen LogP contribution >= 0.6 is 0 Å². The summed E-state index contributed by atoms with van der Waals surface area (Å²) in [6.45, 7) is 0. The molecule has 0 saturated carbocycles. The molecule has 0 spiro atoms. The van der Waals surface area contributed by atoms with Gasteiger partial charge < -0.3 is 15.6 Å². The maximum Gasteiger partial charge on any atom is 0.339 e. The first-order chi connectivity index (χ1) is 10.1. The monoisotopic (exact) mass is 280 g/mol. The number of hydrogen-bond acceptors (Lipinski definition) is 4. The van der Waals surface area contributed by atoms with Gasteiger partial charge in [-0.25, -0.2) is 4.79 Å². The molecule has 5 nitrogen and oxygen atoms in total. The highest BCUT2D eigenvalue weighted by Gasteiger charge is 2.14. The molecule has 0 unspecified atom stereocenters. The van der Waals surface area contributed by atoms with Gasteiger partial charge in [-0.1, -0.05) is 18.2 Å². The van der Waals surface area contributed by atoms with Crippen LogP contribution in [-0.2, 0) is 0 Å². The molecule has 0 amide bonds. The largest absolute Gasteiger partial charge is 0.478 e. The third-order valence-corrected chi connectivity index (χ3v) is 3.05. The summed E-state index contributed by atoms with van der Waals surface area (Å²) in [4.78, 5) is 15.5. The van der Waals surface area contributed by atoms with Gasteiger partial charge in [-0.05, 0) is 30.3 Å². The van der Waals surface area contributed by atoms with Crippen molar-refractivity contribution >= 4 is 22.6 Å². The highest BCUT2D eigenvalue weighted by molar-refractivity contribution is 5.92. The van der Waals surface area contributed by atoms with Gasteiger partial charge in [0.1, 0.15) is 16.8 Å². The average molecular weight is 280 g/mol. The predicted molar refractivity (Wildman–Crippen MR) is 79.6 cm³/mol. The van der Waals surface area contributed by atoms with E-state index in [0.29, 0.717) is 17.0 Å². The SMILES string of the molecule is Nc1ccc(Oc2cccc3cccnc23)c(C(=O)O)c1. The first kappa shape index (κ1) is 12.9. The molecule has 0 fully saturated rings. The van der Waals surface area contributed by atoms with Crippen LogP contribution in [0.15, 0.2) is 54.7 Å². The molecule has 2 aromatic carbocycles. The number of aromatic carboxylic acids is 1. The van der Waals surface area contributed by atoms with Crippen molar-refractivity contribution in [3.63, 3.8) is 0 Å². The van der Waals surface area contributed by atoms with Gasteiger partial charge in [-0.2, -0.15) is 0 Å². The van der Waals surface area contributed by atoms with Gasteiger partial charge >= 0.3 is 5.97 Å². The van der Waals surface area contributed by atoms with E-state index in [-0.39, 0.29) is 11.3 Å². The first-order valence-corrected chi connectivity index (χ1v) is 6.29. The number of ether oxygens (including phenoxy) is 1. The first-order valence-electron chi connectivity index (χ1n) is 6.29. The van der Waals surface area contributed by atoms with Gasteiger partial charge in [-0.3, -0.25) is 4.98 Å². The molecule has 1 heterocycles. The predicted octanol–water partition coefficient (Wildman–Crippen LogP) is 3.31. The number of nitrogens with two attached hydrogens (primary N) is 1.